The van der Waals surface area contributed by atoms with Gasteiger partial charge < -0.3 is 5.11 Å². The van der Waals surface area contributed by atoms with Crippen molar-refractivity contribution < 1.29 is 18.3 Å². The topological polar surface area (TPSA) is 20.2 Å². The third-order valence-electron chi connectivity index (χ3n) is 0.533. The zero-order valence-electron chi connectivity index (χ0n) is 4.44. The number of hydrogen-bond donors (Lipinski definition) is 1. The van der Waals surface area contributed by atoms with Gasteiger partial charge in [-0.3, -0.25) is 0 Å². The van der Waals surface area contributed by atoms with Gasteiger partial charge in [-0.15, -0.1) is 0 Å². The van der Waals surface area contributed by atoms with Gasteiger partial charge in [0.05, 0.1) is 6.61 Å². The fraction of sp³-hybridized carbons (Fsp3) is 0.200. The van der Waals surface area contributed by atoms with Crippen LogP contribution in [-0.2, 0) is 0 Å². The molecule has 1 N–H and O–H groups in total. The SMILES string of the molecule is OCC=C(F)C=C(F)F. The molecule has 0 saturated carbocycles. The van der Waals surface area contributed by atoms with E-state index < -0.39 is 18.5 Å². The summed E-state index contributed by atoms with van der Waals surface area (Å²) >= 11 is 0. The van der Waals surface area contributed by atoms with Gasteiger partial charge in [0.25, 0.3) is 6.08 Å². The fourth-order valence-electron chi connectivity index (χ4n) is 0.250. The smallest absolute Gasteiger partial charge is 0.273 e. The Balaban J connectivity index is 3.90. The summed E-state index contributed by atoms with van der Waals surface area (Å²) in [5, 5.41) is 7.96. The lowest BCUT2D eigenvalue weighted by atomic mass is 10.5. The minimum Gasteiger partial charge on any atom is -0.392 e. The van der Waals surface area contributed by atoms with Crippen molar-refractivity contribution in [3.05, 3.63) is 24.1 Å². The van der Waals surface area contributed by atoms with Crippen molar-refractivity contribution in [1.82, 2.24) is 0 Å². The Morgan fingerprint density at radius 1 is 1.33 bits per heavy atom. The summed E-state index contributed by atoms with van der Waals surface area (Å²) in [5.41, 5.74) is 0. The molecule has 0 unspecified atom stereocenters. The van der Waals surface area contributed by atoms with Crippen molar-refractivity contribution in [1.29, 1.82) is 0 Å². The van der Waals surface area contributed by atoms with E-state index in [2.05, 4.69) is 0 Å². The predicted octanol–water partition coefficient (Wildman–Crippen LogP) is 1.61. The molecular weight excluding hydrogens is 133 g/mol. The molecule has 0 aliphatic carbocycles. The molecule has 0 fully saturated rings. The van der Waals surface area contributed by atoms with Crippen molar-refractivity contribution >= 4 is 0 Å². The van der Waals surface area contributed by atoms with Gasteiger partial charge in [-0.25, -0.2) is 4.39 Å². The third kappa shape index (κ3) is 5.10. The van der Waals surface area contributed by atoms with Gasteiger partial charge in [0.2, 0.25) is 0 Å². The van der Waals surface area contributed by atoms with Gasteiger partial charge in [0.1, 0.15) is 5.83 Å². The molecule has 0 radical (unpaired) electrons. The van der Waals surface area contributed by atoms with Gasteiger partial charge in [-0.1, -0.05) is 0 Å². The van der Waals surface area contributed by atoms with Crippen LogP contribution in [0.2, 0.25) is 0 Å². The molecule has 0 atom stereocenters. The standard InChI is InChI=1S/C5H5F3O/c6-4(1-2-9)3-5(7)8/h1,3,9H,2H2. The van der Waals surface area contributed by atoms with E-state index in [1.807, 2.05) is 0 Å². The average Bonchev–Trinajstić information content (AvgIpc) is 1.63. The van der Waals surface area contributed by atoms with Crippen LogP contribution in [0.4, 0.5) is 13.2 Å². The largest absolute Gasteiger partial charge is 0.392 e. The van der Waals surface area contributed by atoms with Gasteiger partial charge in [0.15, 0.2) is 0 Å². The number of allylic oxidation sites excluding steroid dienone is 2. The number of hydrogen-bond acceptors (Lipinski definition) is 1. The van der Waals surface area contributed by atoms with Crippen molar-refractivity contribution in [3.63, 3.8) is 0 Å². The Kier molecular flexibility index (Phi) is 3.79. The lowest BCUT2D eigenvalue weighted by Gasteiger charge is -1.81. The van der Waals surface area contributed by atoms with Crippen LogP contribution in [-0.4, -0.2) is 11.7 Å². The van der Waals surface area contributed by atoms with Crippen LogP contribution in [0, 0.1) is 0 Å². The Morgan fingerprint density at radius 3 is 2.22 bits per heavy atom. The summed E-state index contributed by atoms with van der Waals surface area (Å²) in [6.45, 7) is -0.574. The van der Waals surface area contributed by atoms with Crippen molar-refractivity contribution in [2.45, 2.75) is 0 Å². The summed E-state index contributed by atoms with van der Waals surface area (Å²) in [5.74, 6) is -1.13. The van der Waals surface area contributed by atoms with Gasteiger partial charge >= 0.3 is 0 Å². The van der Waals surface area contributed by atoms with Crippen LogP contribution >= 0.6 is 0 Å². The lowest BCUT2D eigenvalue weighted by molar-refractivity contribution is 0.339. The second kappa shape index (κ2) is 4.14. The summed E-state index contributed by atoms with van der Waals surface area (Å²) in [7, 11) is 0. The predicted molar refractivity (Wildman–Crippen MR) is 26.6 cm³/mol. The second-order valence-electron chi connectivity index (χ2n) is 1.21. The first-order chi connectivity index (χ1) is 4.16. The first-order valence-corrected chi connectivity index (χ1v) is 2.16. The van der Waals surface area contributed by atoms with E-state index in [9.17, 15) is 13.2 Å². The van der Waals surface area contributed by atoms with Gasteiger partial charge in [-0.05, 0) is 6.08 Å². The van der Waals surface area contributed by atoms with E-state index >= 15 is 0 Å². The van der Waals surface area contributed by atoms with Crippen LogP contribution in [0.1, 0.15) is 0 Å². The Hall–Kier alpha value is -0.770. The highest BCUT2D eigenvalue weighted by molar-refractivity contribution is 5.10. The van der Waals surface area contributed by atoms with Crippen LogP contribution in [0.3, 0.4) is 0 Å². The molecule has 0 amide bonds. The molecule has 9 heavy (non-hydrogen) atoms. The molecule has 0 aromatic heterocycles. The maximum Gasteiger partial charge on any atom is 0.273 e. The van der Waals surface area contributed by atoms with Crippen LogP contribution in [0.15, 0.2) is 24.1 Å². The normalized spacial score (nSPS) is 11.3. The third-order valence-corrected chi connectivity index (χ3v) is 0.533. The van der Waals surface area contributed by atoms with Crippen LogP contribution in [0.5, 0.6) is 0 Å². The molecule has 0 spiro atoms. The van der Waals surface area contributed by atoms with Crippen molar-refractivity contribution in [2.24, 2.45) is 0 Å². The molecule has 0 aliphatic rings. The molecule has 0 aromatic carbocycles. The monoisotopic (exact) mass is 138 g/mol. The van der Waals surface area contributed by atoms with E-state index in [4.69, 9.17) is 5.11 Å². The Bertz CT molecular complexity index is 135. The first kappa shape index (κ1) is 8.23. The zero-order valence-corrected chi connectivity index (χ0v) is 4.44. The molecule has 0 saturated heterocycles. The Morgan fingerprint density at radius 2 is 1.89 bits per heavy atom. The molecule has 52 valence electrons. The quantitative estimate of drug-likeness (QED) is 0.575. The zero-order chi connectivity index (χ0) is 7.28. The van der Waals surface area contributed by atoms with Crippen molar-refractivity contribution in [3.8, 4) is 0 Å². The van der Waals surface area contributed by atoms with E-state index in [0.717, 1.165) is 0 Å². The van der Waals surface area contributed by atoms with Crippen LogP contribution < -0.4 is 0 Å². The number of rotatable bonds is 2. The fourth-order valence-corrected chi connectivity index (χ4v) is 0.250. The minimum atomic E-state index is -2.11. The molecule has 0 heterocycles. The Labute approximate surface area is 50.1 Å². The highest BCUT2D eigenvalue weighted by atomic mass is 19.3. The first-order valence-electron chi connectivity index (χ1n) is 2.16. The summed E-state index contributed by atoms with van der Waals surface area (Å²) in [6, 6.07) is 0. The summed E-state index contributed by atoms with van der Waals surface area (Å²) in [4.78, 5) is 0. The molecule has 4 heteroatoms. The maximum absolute atomic E-state index is 11.8. The molecule has 0 aliphatic heterocycles. The highest BCUT2D eigenvalue weighted by Crippen LogP contribution is 2.05. The van der Waals surface area contributed by atoms with Gasteiger partial charge in [-0.2, -0.15) is 8.78 Å². The number of aliphatic hydroxyl groups is 1. The van der Waals surface area contributed by atoms with E-state index in [-0.39, 0.29) is 6.08 Å². The number of halogens is 3. The van der Waals surface area contributed by atoms with Gasteiger partial charge in [0, 0.05) is 6.08 Å². The molecule has 0 rings (SSSR count). The molecular formula is C5H5F3O. The minimum absolute atomic E-state index is 0.0379. The summed E-state index contributed by atoms with van der Waals surface area (Å²) < 4.78 is 34.0. The van der Waals surface area contributed by atoms with Crippen LogP contribution in [0.25, 0.3) is 0 Å². The average molecular weight is 138 g/mol. The van der Waals surface area contributed by atoms with E-state index in [0.29, 0.717) is 6.08 Å². The summed E-state index contributed by atoms with van der Waals surface area (Å²) in [6.07, 6.45) is -1.44. The molecule has 0 aromatic rings. The second-order valence-corrected chi connectivity index (χ2v) is 1.21. The van der Waals surface area contributed by atoms with Crippen molar-refractivity contribution in [2.75, 3.05) is 6.61 Å². The molecule has 1 nitrogen and oxygen atoms in total. The maximum atomic E-state index is 11.8. The van der Waals surface area contributed by atoms with E-state index in [1.165, 1.54) is 0 Å². The lowest BCUT2D eigenvalue weighted by Crippen LogP contribution is -1.74. The molecule has 0 bridgehead atoms. The highest BCUT2D eigenvalue weighted by Gasteiger charge is 1.91. The number of aliphatic hydroxyl groups excluding tert-OH is 1. The van der Waals surface area contributed by atoms with E-state index in [1.54, 1.807) is 0 Å².